The molecule has 0 radical (unpaired) electrons. The van der Waals surface area contributed by atoms with E-state index in [1.54, 1.807) is 6.92 Å². The highest BCUT2D eigenvalue weighted by Gasteiger charge is 2.71. The summed E-state index contributed by atoms with van der Waals surface area (Å²) in [4.78, 5) is 11.4. The summed E-state index contributed by atoms with van der Waals surface area (Å²) in [5.74, 6) is 0.377. The Morgan fingerprint density at radius 2 is 0.980 bits per heavy atom. The predicted molar refractivity (Wildman–Crippen MR) is 177 cm³/mol. The van der Waals surface area contributed by atoms with Crippen molar-refractivity contribution in [3.05, 3.63) is 65.2 Å². The molecule has 50 heavy (non-hydrogen) atoms. The van der Waals surface area contributed by atoms with E-state index in [0.29, 0.717) is 30.0 Å². The number of carbonyl (C=O) groups excluding carboxylic acids is 1. The van der Waals surface area contributed by atoms with Crippen LogP contribution in [0.25, 0.3) is 0 Å². The zero-order chi connectivity index (χ0) is 39.7. The van der Waals surface area contributed by atoms with Gasteiger partial charge in [-0.1, -0.05) is 71.0 Å². The van der Waals surface area contributed by atoms with Crippen LogP contribution >= 0.6 is 0 Å². The third-order valence-corrected chi connectivity index (χ3v) is 8.00. The molecule has 0 saturated heterocycles. The predicted octanol–water partition coefficient (Wildman–Crippen LogP) is 12.2. The Bertz CT molecular complexity index is 1290. The van der Waals surface area contributed by atoms with Crippen LogP contribution in [0, 0.1) is 5.41 Å². The summed E-state index contributed by atoms with van der Waals surface area (Å²) in [6.45, 7) is 21.1. The van der Waals surface area contributed by atoms with Gasteiger partial charge in [0, 0.05) is 5.56 Å². The van der Waals surface area contributed by atoms with E-state index in [0.717, 1.165) is 12.7 Å². The number of rotatable bonds is 8. The highest BCUT2D eigenvalue weighted by molar-refractivity contribution is 5.77. The second-order valence-corrected chi connectivity index (χ2v) is 14.4. The fourth-order valence-electron chi connectivity index (χ4n) is 4.08. The summed E-state index contributed by atoms with van der Waals surface area (Å²) in [5, 5.41) is 9.19. The van der Waals surface area contributed by atoms with Gasteiger partial charge in [-0.05, 0) is 103 Å². The van der Waals surface area contributed by atoms with E-state index in [4.69, 9.17) is 9.47 Å². The van der Waals surface area contributed by atoms with E-state index in [-0.39, 0.29) is 17.9 Å². The number of hydrogen-bond donors (Lipinski definition) is 1. The SMILES string of the molecule is CCC(C)(C(=O)OC(C)(C)C)C(F)(F)F.CCC(C)c1ccc(C(O)(C(F)(F)F)C(F)(F)F)cc1.CCC(C)c1ccc(OC(C)(C)C)cc1. The van der Waals surface area contributed by atoms with Crippen LogP contribution in [0.4, 0.5) is 39.5 Å². The minimum Gasteiger partial charge on any atom is -0.488 e. The number of benzene rings is 2. The standard InChI is InChI=1S/C14H22O.C13H14F6O.C10H17F3O2/c1-6-11(2)12-7-9-13(10-8-12)15-14(3,4)5;1-3-8(2)9-4-6-10(7-5-9)11(20,12(14,15)16)13(17,18)19;1-6-9(5,10(11,12)13)7(14)15-8(2,3)4/h7-11H,6H2,1-5H3;4-8,20H,3H2,1-2H3;6H2,1-5H3. The molecule has 0 bridgehead atoms. The molecule has 0 aliphatic rings. The molecule has 0 saturated carbocycles. The highest BCUT2D eigenvalue weighted by Crippen LogP contribution is 2.50. The molecule has 0 fully saturated rings. The molecule has 2 aromatic rings. The van der Waals surface area contributed by atoms with Crippen LogP contribution in [0.15, 0.2) is 48.5 Å². The van der Waals surface area contributed by atoms with E-state index >= 15 is 0 Å². The van der Waals surface area contributed by atoms with Crippen molar-refractivity contribution in [3.63, 3.8) is 0 Å². The van der Waals surface area contributed by atoms with Gasteiger partial charge < -0.3 is 14.6 Å². The Hall–Kier alpha value is -2.96. The van der Waals surface area contributed by atoms with Crippen LogP contribution in [0.5, 0.6) is 5.75 Å². The summed E-state index contributed by atoms with van der Waals surface area (Å²) in [6.07, 6.45) is -14.7. The molecule has 3 atom stereocenters. The number of halogens is 9. The summed E-state index contributed by atoms with van der Waals surface area (Å²) in [6, 6.07) is 12.1. The summed E-state index contributed by atoms with van der Waals surface area (Å²) in [5.41, 5.74) is -7.52. The lowest BCUT2D eigenvalue weighted by atomic mass is 9.86. The maximum Gasteiger partial charge on any atom is 0.430 e. The van der Waals surface area contributed by atoms with Crippen LogP contribution in [-0.4, -0.2) is 40.8 Å². The molecule has 288 valence electrons. The molecule has 0 spiro atoms. The van der Waals surface area contributed by atoms with Crippen LogP contribution in [0.3, 0.4) is 0 Å². The van der Waals surface area contributed by atoms with Crippen molar-refractivity contribution in [2.75, 3.05) is 0 Å². The van der Waals surface area contributed by atoms with Crippen molar-refractivity contribution in [1.29, 1.82) is 0 Å². The third-order valence-electron chi connectivity index (χ3n) is 8.00. The largest absolute Gasteiger partial charge is 0.488 e. The molecule has 0 aliphatic heterocycles. The van der Waals surface area contributed by atoms with E-state index in [1.807, 2.05) is 6.92 Å². The molecule has 0 heterocycles. The summed E-state index contributed by atoms with van der Waals surface area (Å²) in [7, 11) is 0. The van der Waals surface area contributed by atoms with Gasteiger partial charge in [-0.15, -0.1) is 0 Å². The average molecular weight is 733 g/mol. The van der Waals surface area contributed by atoms with Crippen molar-refractivity contribution in [1.82, 2.24) is 0 Å². The molecule has 0 amide bonds. The van der Waals surface area contributed by atoms with Gasteiger partial charge >= 0.3 is 24.5 Å². The molecule has 3 unspecified atom stereocenters. The monoisotopic (exact) mass is 732 g/mol. The first-order valence-corrected chi connectivity index (χ1v) is 16.4. The van der Waals surface area contributed by atoms with E-state index in [1.165, 1.54) is 51.8 Å². The summed E-state index contributed by atoms with van der Waals surface area (Å²) < 4.78 is 124. The van der Waals surface area contributed by atoms with Gasteiger partial charge in [0.25, 0.3) is 5.60 Å². The third kappa shape index (κ3) is 13.3. The molecule has 0 aliphatic carbocycles. The second kappa shape index (κ2) is 17.5. The van der Waals surface area contributed by atoms with Gasteiger partial charge in [0.15, 0.2) is 5.41 Å². The molecule has 13 heteroatoms. The first kappa shape index (κ1) is 47.0. The number of aliphatic hydroxyl groups is 1. The van der Waals surface area contributed by atoms with Gasteiger partial charge in [-0.25, -0.2) is 0 Å². The van der Waals surface area contributed by atoms with Gasteiger partial charge in [0.1, 0.15) is 17.0 Å². The van der Waals surface area contributed by atoms with E-state index in [9.17, 15) is 49.4 Å². The van der Waals surface area contributed by atoms with Gasteiger partial charge in [-0.3, -0.25) is 4.79 Å². The number of carbonyl (C=O) groups is 1. The Morgan fingerprint density at radius 1 is 0.620 bits per heavy atom. The van der Waals surface area contributed by atoms with Crippen molar-refractivity contribution in [2.24, 2.45) is 5.41 Å². The maximum absolute atomic E-state index is 12.6. The lowest BCUT2D eigenvalue weighted by Gasteiger charge is -2.32. The molecule has 0 aromatic heterocycles. The van der Waals surface area contributed by atoms with Crippen molar-refractivity contribution in [2.45, 2.75) is 150 Å². The van der Waals surface area contributed by atoms with Crippen LogP contribution in [0.1, 0.15) is 131 Å². The van der Waals surface area contributed by atoms with E-state index < -0.39 is 46.7 Å². The van der Waals surface area contributed by atoms with Gasteiger partial charge in [0.2, 0.25) is 0 Å². The maximum atomic E-state index is 12.6. The molecule has 1 N–H and O–H groups in total. The van der Waals surface area contributed by atoms with Crippen LogP contribution in [-0.2, 0) is 15.1 Å². The average Bonchev–Trinajstić information content (AvgIpc) is 2.97. The Morgan fingerprint density at radius 3 is 1.24 bits per heavy atom. The number of alkyl halides is 9. The first-order valence-electron chi connectivity index (χ1n) is 16.4. The van der Waals surface area contributed by atoms with Gasteiger partial charge in [0.05, 0.1) is 0 Å². The molecule has 2 rings (SSSR count). The molecule has 4 nitrogen and oxygen atoms in total. The molecular formula is C37H53F9O4. The van der Waals surface area contributed by atoms with Crippen molar-refractivity contribution < 1.29 is 58.9 Å². The molecular weight excluding hydrogens is 679 g/mol. The normalized spacial score (nSPS) is 15.3. The Labute approximate surface area is 290 Å². The van der Waals surface area contributed by atoms with Crippen LogP contribution < -0.4 is 4.74 Å². The van der Waals surface area contributed by atoms with Crippen molar-refractivity contribution in [3.8, 4) is 5.75 Å². The first-order chi connectivity index (χ1) is 22.3. The van der Waals surface area contributed by atoms with Gasteiger partial charge in [-0.2, -0.15) is 39.5 Å². The Balaban J connectivity index is 0.000000733. The van der Waals surface area contributed by atoms with Crippen molar-refractivity contribution >= 4 is 5.97 Å². The second-order valence-electron chi connectivity index (χ2n) is 14.4. The highest BCUT2D eigenvalue weighted by atomic mass is 19.4. The van der Waals surface area contributed by atoms with E-state index in [2.05, 4.69) is 58.9 Å². The number of esters is 1. The fraction of sp³-hybridized carbons (Fsp3) is 0.649. The number of hydrogen-bond acceptors (Lipinski definition) is 4. The zero-order valence-electron chi connectivity index (χ0n) is 31.0. The lowest BCUT2D eigenvalue weighted by molar-refractivity contribution is -0.376. The lowest BCUT2D eigenvalue weighted by Crippen LogP contribution is -2.53. The minimum atomic E-state index is -5.84. The summed E-state index contributed by atoms with van der Waals surface area (Å²) >= 11 is 0. The topological polar surface area (TPSA) is 55.8 Å². The van der Waals surface area contributed by atoms with Crippen LogP contribution in [0.2, 0.25) is 0 Å². The minimum absolute atomic E-state index is 0.00826. The number of ether oxygens (including phenoxy) is 2. The zero-order valence-corrected chi connectivity index (χ0v) is 31.0. The Kier molecular flexibility index (Phi) is 16.5. The molecule has 2 aromatic carbocycles. The quantitative estimate of drug-likeness (QED) is 0.217. The smallest absolute Gasteiger partial charge is 0.430 e. The fourth-order valence-corrected chi connectivity index (χ4v) is 4.08.